The van der Waals surface area contributed by atoms with Gasteiger partial charge >= 0.3 is 12.1 Å². The molecule has 0 aromatic carbocycles. The minimum atomic E-state index is -0.818. The number of ether oxygens (including phenoxy) is 2. The molecule has 0 N–H and O–H groups in total. The second-order valence-electron chi connectivity index (χ2n) is 6.58. The number of methoxy groups -OCH3 is 1. The first-order valence-electron chi connectivity index (χ1n) is 7.22. The summed E-state index contributed by atoms with van der Waals surface area (Å²) in [5, 5.41) is 9.04. The fourth-order valence-corrected chi connectivity index (χ4v) is 2.72. The maximum Gasteiger partial charge on any atom is 0.411 e. The van der Waals surface area contributed by atoms with Crippen LogP contribution >= 0.6 is 0 Å². The van der Waals surface area contributed by atoms with Gasteiger partial charge in [0.25, 0.3) is 0 Å². The zero-order valence-electron chi connectivity index (χ0n) is 13.9. The normalized spacial score (nSPS) is 24.5. The molecule has 6 nitrogen and oxygen atoms in total. The highest BCUT2D eigenvalue weighted by atomic mass is 16.6. The van der Waals surface area contributed by atoms with Crippen LogP contribution in [0.5, 0.6) is 0 Å². The maximum absolute atomic E-state index is 12.4. The van der Waals surface area contributed by atoms with Gasteiger partial charge < -0.3 is 9.47 Å². The highest BCUT2D eigenvalue weighted by Gasteiger charge is 2.49. The number of carbonyl (C=O) groups excluding carboxylic acids is 2. The Bertz CT molecular complexity index is 501. The van der Waals surface area contributed by atoms with E-state index < -0.39 is 23.7 Å². The van der Waals surface area contributed by atoms with Crippen LogP contribution in [0.3, 0.4) is 0 Å². The summed E-state index contributed by atoms with van der Waals surface area (Å²) in [6.45, 7) is 11.3. The van der Waals surface area contributed by atoms with Crippen LogP contribution in [0.2, 0.25) is 0 Å². The molecule has 1 amide bonds. The lowest BCUT2D eigenvalue weighted by atomic mass is 9.84. The van der Waals surface area contributed by atoms with Gasteiger partial charge in [0.1, 0.15) is 11.6 Å². The molecule has 6 heteroatoms. The third-order valence-corrected chi connectivity index (χ3v) is 3.68. The van der Waals surface area contributed by atoms with Gasteiger partial charge in [-0.15, -0.1) is 0 Å². The van der Waals surface area contributed by atoms with Crippen molar-refractivity contribution in [1.29, 1.82) is 5.26 Å². The lowest BCUT2D eigenvalue weighted by Gasteiger charge is -2.28. The first-order chi connectivity index (χ1) is 10.1. The van der Waals surface area contributed by atoms with Gasteiger partial charge in [-0.1, -0.05) is 12.2 Å². The Hall–Kier alpha value is -2.03. The molecule has 3 atom stereocenters. The highest BCUT2D eigenvalue weighted by Crippen LogP contribution is 2.37. The summed E-state index contributed by atoms with van der Waals surface area (Å²) in [4.78, 5) is 25.9. The largest absolute Gasteiger partial charge is 0.467 e. The van der Waals surface area contributed by atoms with E-state index in [4.69, 9.17) is 14.7 Å². The van der Waals surface area contributed by atoms with E-state index in [-0.39, 0.29) is 18.3 Å². The molecule has 0 bridgehead atoms. The minimum absolute atomic E-state index is 0.128. The Morgan fingerprint density at radius 2 is 2.00 bits per heavy atom. The molecule has 0 aliphatic carbocycles. The Labute approximate surface area is 131 Å². The smallest absolute Gasteiger partial charge is 0.411 e. The summed E-state index contributed by atoms with van der Waals surface area (Å²) >= 11 is 0. The topological polar surface area (TPSA) is 79.6 Å². The zero-order valence-corrected chi connectivity index (χ0v) is 13.9. The SMILES string of the molecule is C=C(C)[C@H]1CN(C(=O)OC(C)(C)C)[C@H](C(=O)OC)[C@H]1CC#N. The van der Waals surface area contributed by atoms with Crippen molar-refractivity contribution >= 4 is 12.1 Å². The van der Waals surface area contributed by atoms with Gasteiger partial charge in [0.2, 0.25) is 0 Å². The van der Waals surface area contributed by atoms with E-state index in [1.54, 1.807) is 20.8 Å². The Balaban J connectivity index is 3.13. The molecule has 1 fully saturated rings. The van der Waals surface area contributed by atoms with Gasteiger partial charge in [-0.3, -0.25) is 4.90 Å². The first kappa shape index (κ1) is 18.0. The molecule has 0 radical (unpaired) electrons. The summed E-state index contributed by atoms with van der Waals surface area (Å²) in [6, 6.07) is 1.27. The quantitative estimate of drug-likeness (QED) is 0.591. The van der Waals surface area contributed by atoms with E-state index in [1.165, 1.54) is 12.0 Å². The zero-order chi connectivity index (χ0) is 17.1. The third kappa shape index (κ3) is 4.00. The molecule has 1 aliphatic rings. The average molecular weight is 308 g/mol. The van der Waals surface area contributed by atoms with E-state index in [0.717, 1.165) is 5.57 Å². The van der Waals surface area contributed by atoms with E-state index in [0.29, 0.717) is 6.54 Å². The number of nitriles is 1. The van der Waals surface area contributed by atoms with Crippen LogP contribution in [0, 0.1) is 23.2 Å². The summed E-state index contributed by atoms with van der Waals surface area (Å²) in [5.41, 5.74) is 0.171. The summed E-state index contributed by atoms with van der Waals surface area (Å²) < 4.78 is 10.2. The van der Waals surface area contributed by atoms with Crippen molar-refractivity contribution in [1.82, 2.24) is 4.90 Å². The monoisotopic (exact) mass is 308 g/mol. The van der Waals surface area contributed by atoms with E-state index in [9.17, 15) is 9.59 Å². The molecule has 0 aromatic rings. The molecule has 0 saturated carbocycles. The van der Waals surface area contributed by atoms with Gasteiger partial charge in [0, 0.05) is 24.8 Å². The molecule has 122 valence electrons. The van der Waals surface area contributed by atoms with Crippen LogP contribution in [0.25, 0.3) is 0 Å². The summed E-state index contributed by atoms with van der Waals surface area (Å²) in [7, 11) is 1.27. The van der Waals surface area contributed by atoms with Crippen LogP contribution in [0.4, 0.5) is 4.79 Å². The van der Waals surface area contributed by atoms with E-state index in [1.807, 2.05) is 6.92 Å². The average Bonchev–Trinajstić information content (AvgIpc) is 2.76. The lowest BCUT2D eigenvalue weighted by molar-refractivity contribution is -0.147. The number of carbonyl (C=O) groups is 2. The number of rotatable bonds is 3. The maximum atomic E-state index is 12.4. The van der Waals surface area contributed by atoms with E-state index in [2.05, 4.69) is 12.6 Å². The number of likely N-dealkylation sites (tertiary alicyclic amines) is 1. The van der Waals surface area contributed by atoms with Gasteiger partial charge in [0.15, 0.2) is 0 Å². The van der Waals surface area contributed by atoms with Gasteiger partial charge in [0.05, 0.1) is 13.2 Å². The molecule has 1 saturated heterocycles. The standard InChI is InChI=1S/C16H24N2O4/c1-10(2)12-9-18(15(20)22-16(3,4)5)13(14(19)21-6)11(12)7-8-17/h11-13H,1,7,9H2,2-6H3/t11-,12+,13-/m0/s1. The predicted molar refractivity (Wildman–Crippen MR) is 80.8 cm³/mol. The van der Waals surface area contributed by atoms with Crippen molar-refractivity contribution in [2.45, 2.75) is 45.8 Å². The molecule has 0 unspecified atom stereocenters. The van der Waals surface area contributed by atoms with Crippen molar-refractivity contribution in [2.24, 2.45) is 11.8 Å². The second-order valence-corrected chi connectivity index (χ2v) is 6.58. The first-order valence-corrected chi connectivity index (χ1v) is 7.22. The molecule has 1 heterocycles. The molecular formula is C16H24N2O4. The number of hydrogen-bond donors (Lipinski definition) is 0. The van der Waals surface area contributed by atoms with Crippen molar-refractivity contribution in [2.75, 3.05) is 13.7 Å². The molecule has 1 aliphatic heterocycles. The van der Waals surface area contributed by atoms with Gasteiger partial charge in [-0.05, 0) is 27.7 Å². The molecular weight excluding hydrogens is 284 g/mol. The van der Waals surface area contributed by atoms with Crippen LogP contribution in [0.15, 0.2) is 12.2 Å². The Morgan fingerprint density at radius 1 is 1.41 bits per heavy atom. The molecule has 1 rings (SSSR count). The number of nitrogens with zero attached hydrogens (tertiary/aromatic N) is 2. The predicted octanol–water partition coefficient (Wildman–Crippen LogP) is 2.50. The Morgan fingerprint density at radius 3 is 2.41 bits per heavy atom. The fraction of sp³-hybridized carbons (Fsp3) is 0.688. The van der Waals surface area contributed by atoms with Crippen LogP contribution in [0.1, 0.15) is 34.1 Å². The Kier molecular flexibility index (Phi) is 5.59. The summed E-state index contributed by atoms with van der Waals surface area (Å²) in [5.74, 6) is -0.992. The van der Waals surface area contributed by atoms with Crippen LogP contribution in [-0.4, -0.2) is 42.3 Å². The van der Waals surface area contributed by atoms with Gasteiger partial charge in [-0.2, -0.15) is 5.26 Å². The number of amides is 1. The van der Waals surface area contributed by atoms with Crippen molar-refractivity contribution in [3.8, 4) is 6.07 Å². The van der Waals surface area contributed by atoms with Crippen LogP contribution < -0.4 is 0 Å². The molecule has 0 spiro atoms. The van der Waals surface area contributed by atoms with E-state index >= 15 is 0 Å². The molecule has 22 heavy (non-hydrogen) atoms. The van der Waals surface area contributed by atoms with Crippen molar-refractivity contribution in [3.05, 3.63) is 12.2 Å². The molecule has 0 aromatic heterocycles. The van der Waals surface area contributed by atoms with Crippen LogP contribution in [-0.2, 0) is 14.3 Å². The fourth-order valence-electron chi connectivity index (χ4n) is 2.72. The highest BCUT2D eigenvalue weighted by molar-refractivity contribution is 5.83. The minimum Gasteiger partial charge on any atom is -0.467 e. The van der Waals surface area contributed by atoms with Crippen molar-refractivity contribution in [3.63, 3.8) is 0 Å². The lowest BCUT2D eigenvalue weighted by Crippen LogP contribution is -2.46. The second kappa shape index (κ2) is 6.82. The third-order valence-electron chi connectivity index (χ3n) is 3.68. The van der Waals surface area contributed by atoms with Crippen molar-refractivity contribution < 1.29 is 19.1 Å². The number of hydrogen-bond acceptors (Lipinski definition) is 5. The van der Waals surface area contributed by atoms with Gasteiger partial charge in [-0.25, -0.2) is 9.59 Å². The number of esters is 1. The summed E-state index contributed by atoms with van der Waals surface area (Å²) in [6.07, 6.45) is -0.425.